The number of likely N-dealkylation sites (tertiary alicyclic amines) is 2. The molecule has 6 heteroatoms. The van der Waals surface area contributed by atoms with Crippen LogP contribution in [0, 0.1) is 11.8 Å². The van der Waals surface area contributed by atoms with Crippen molar-refractivity contribution in [2.24, 2.45) is 11.8 Å². The van der Waals surface area contributed by atoms with Gasteiger partial charge in [-0.1, -0.05) is 35.9 Å². The lowest BCUT2D eigenvalue weighted by molar-refractivity contribution is -0.137. The number of piperidine rings is 1. The van der Waals surface area contributed by atoms with E-state index in [1.54, 1.807) is 6.92 Å². The summed E-state index contributed by atoms with van der Waals surface area (Å²) in [5.41, 5.74) is 4.81. The highest BCUT2D eigenvalue weighted by atomic mass is 35.5. The SMILES string of the molecule is CC(=O)[C@@H](c1ccccc1Cl)N1CC[C@@H](C(=O)N2CCC(Cc3ccc4c(n3)CCCC4)CC2)C1. The lowest BCUT2D eigenvalue weighted by Crippen LogP contribution is -2.43. The Morgan fingerprint density at radius 3 is 2.57 bits per heavy atom. The molecular formula is C29H36ClN3O2. The number of hydrogen-bond acceptors (Lipinski definition) is 4. The number of Topliss-reactive ketones (excluding diaryl/α,β-unsaturated/α-hetero) is 1. The molecule has 3 aliphatic rings. The number of benzene rings is 1. The van der Waals surface area contributed by atoms with Gasteiger partial charge < -0.3 is 4.90 Å². The van der Waals surface area contributed by atoms with Crippen molar-refractivity contribution < 1.29 is 9.59 Å². The van der Waals surface area contributed by atoms with Crippen LogP contribution in [0.2, 0.25) is 5.02 Å². The quantitative estimate of drug-likeness (QED) is 0.565. The zero-order chi connectivity index (χ0) is 24.4. The van der Waals surface area contributed by atoms with E-state index in [-0.39, 0.29) is 23.7 Å². The normalized spacial score (nSPS) is 22.1. The van der Waals surface area contributed by atoms with E-state index in [2.05, 4.69) is 21.9 Å². The third-order valence-corrected chi connectivity index (χ3v) is 8.52. The summed E-state index contributed by atoms with van der Waals surface area (Å²) >= 11 is 6.41. The first-order valence-corrected chi connectivity index (χ1v) is 13.6. The van der Waals surface area contributed by atoms with E-state index in [1.165, 1.54) is 36.2 Å². The number of rotatable bonds is 6. The Kier molecular flexibility index (Phi) is 7.54. The van der Waals surface area contributed by atoms with Crippen LogP contribution in [0.1, 0.15) is 67.6 Å². The Morgan fingerprint density at radius 1 is 1.03 bits per heavy atom. The Balaban J connectivity index is 1.15. The molecular weight excluding hydrogens is 458 g/mol. The zero-order valence-electron chi connectivity index (χ0n) is 20.7. The molecule has 2 aromatic rings. The van der Waals surface area contributed by atoms with Crippen LogP contribution in [0.15, 0.2) is 36.4 Å². The van der Waals surface area contributed by atoms with Crippen molar-refractivity contribution >= 4 is 23.3 Å². The van der Waals surface area contributed by atoms with Crippen LogP contribution in [0.25, 0.3) is 0 Å². The van der Waals surface area contributed by atoms with Crippen LogP contribution < -0.4 is 0 Å². The standard InChI is InChI=1S/C29H36ClN3O2/c1-20(34)28(25-7-3-4-8-26(25)30)33-17-14-23(19-33)29(35)32-15-12-21(13-16-32)18-24-11-10-22-6-2-5-9-27(22)31-24/h3-4,7-8,10-11,21,23,28H,2,5-6,9,12-19H2,1H3/t23-,28+/m1/s1. The van der Waals surface area contributed by atoms with Gasteiger partial charge in [0.2, 0.25) is 5.91 Å². The molecule has 5 rings (SSSR count). The topological polar surface area (TPSA) is 53.5 Å². The molecule has 1 aliphatic carbocycles. The number of hydrogen-bond donors (Lipinski definition) is 0. The van der Waals surface area contributed by atoms with Crippen LogP contribution in [-0.4, -0.2) is 52.7 Å². The second-order valence-corrected chi connectivity index (χ2v) is 11.0. The lowest BCUT2D eigenvalue weighted by atomic mass is 9.90. The van der Waals surface area contributed by atoms with Crippen LogP contribution in [0.3, 0.4) is 0 Å². The van der Waals surface area contributed by atoms with Crippen LogP contribution in [0.4, 0.5) is 0 Å². The molecule has 186 valence electrons. The highest BCUT2D eigenvalue weighted by Crippen LogP contribution is 2.34. The summed E-state index contributed by atoms with van der Waals surface area (Å²) in [6.45, 7) is 4.63. The minimum absolute atomic E-state index is 0.0433. The molecule has 3 heterocycles. The van der Waals surface area contributed by atoms with Gasteiger partial charge in [-0.25, -0.2) is 0 Å². The molecule has 0 N–H and O–H groups in total. The second-order valence-electron chi connectivity index (χ2n) is 10.6. The van der Waals surface area contributed by atoms with Gasteiger partial charge >= 0.3 is 0 Å². The summed E-state index contributed by atoms with van der Waals surface area (Å²) in [5, 5.41) is 0.609. The van der Waals surface area contributed by atoms with Gasteiger partial charge in [-0.15, -0.1) is 0 Å². The van der Waals surface area contributed by atoms with Crippen LogP contribution >= 0.6 is 11.6 Å². The van der Waals surface area contributed by atoms with E-state index < -0.39 is 0 Å². The van der Waals surface area contributed by atoms with Gasteiger partial charge in [0.25, 0.3) is 0 Å². The van der Waals surface area contributed by atoms with Gasteiger partial charge in [-0.3, -0.25) is 19.5 Å². The Bertz CT molecular complexity index is 1080. The number of fused-ring (bicyclic) bond motifs is 1. The maximum Gasteiger partial charge on any atom is 0.227 e. The van der Waals surface area contributed by atoms with Crippen molar-refractivity contribution in [3.63, 3.8) is 0 Å². The summed E-state index contributed by atoms with van der Waals surface area (Å²) in [6.07, 6.45) is 8.73. The molecule has 2 atom stereocenters. The summed E-state index contributed by atoms with van der Waals surface area (Å²) < 4.78 is 0. The first kappa shape index (κ1) is 24.5. The predicted molar refractivity (Wildman–Crippen MR) is 138 cm³/mol. The predicted octanol–water partition coefficient (Wildman–Crippen LogP) is 5.05. The molecule has 1 aromatic carbocycles. The van der Waals surface area contributed by atoms with Gasteiger partial charge in [0, 0.05) is 42.6 Å². The average Bonchev–Trinajstić information content (AvgIpc) is 3.35. The van der Waals surface area contributed by atoms with Gasteiger partial charge in [-0.2, -0.15) is 0 Å². The van der Waals surface area contributed by atoms with Gasteiger partial charge in [0.1, 0.15) is 0 Å². The first-order valence-electron chi connectivity index (χ1n) is 13.2. The van der Waals surface area contributed by atoms with Crippen LogP contribution in [0.5, 0.6) is 0 Å². The lowest BCUT2D eigenvalue weighted by Gasteiger charge is -2.34. The Hall–Kier alpha value is -2.24. The number of amides is 1. The third-order valence-electron chi connectivity index (χ3n) is 8.18. The van der Waals surface area contributed by atoms with Crippen molar-refractivity contribution in [3.8, 4) is 0 Å². The van der Waals surface area contributed by atoms with E-state index in [4.69, 9.17) is 16.6 Å². The number of ketones is 1. The minimum Gasteiger partial charge on any atom is -0.342 e. The highest BCUT2D eigenvalue weighted by molar-refractivity contribution is 6.31. The molecule has 2 aliphatic heterocycles. The number of pyridine rings is 1. The number of carbonyl (C=O) groups excluding carboxylic acids is 2. The molecule has 2 saturated heterocycles. The van der Waals surface area contributed by atoms with Gasteiger partial charge in [0.05, 0.1) is 12.0 Å². The van der Waals surface area contributed by atoms with E-state index in [1.807, 2.05) is 24.3 Å². The Morgan fingerprint density at radius 2 is 1.80 bits per heavy atom. The fourth-order valence-electron chi connectivity index (χ4n) is 6.25. The number of nitrogens with zero attached hydrogens (tertiary/aromatic N) is 3. The van der Waals surface area contributed by atoms with Gasteiger partial charge in [0.15, 0.2) is 5.78 Å². The van der Waals surface area contributed by atoms with E-state index in [0.29, 0.717) is 17.5 Å². The second kappa shape index (κ2) is 10.8. The summed E-state index contributed by atoms with van der Waals surface area (Å²) in [6, 6.07) is 11.7. The fourth-order valence-corrected chi connectivity index (χ4v) is 6.48. The molecule has 0 unspecified atom stereocenters. The number of halogens is 1. The monoisotopic (exact) mass is 493 g/mol. The largest absolute Gasteiger partial charge is 0.342 e. The van der Waals surface area contributed by atoms with Crippen molar-refractivity contribution in [1.82, 2.24) is 14.8 Å². The molecule has 0 spiro atoms. The third kappa shape index (κ3) is 5.46. The maximum absolute atomic E-state index is 13.3. The van der Waals surface area contributed by atoms with Crippen molar-refractivity contribution in [1.29, 1.82) is 0 Å². The van der Waals surface area contributed by atoms with Gasteiger partial charge in [-0.05, 0) is 87.5 Å². The smallest absolute Gasteiger partial charge is 0.227 e. The Labute approximate surface area is 213 Å². The van der Waals surface area contributed by atoms with E-state index in [0.717, 1.165) is 57.3 Å². The van der Waals surface area contributed by atoms with E-state index in [9.17, 15) is 9.59 Å². The minimum atomic E-state index is -0.378. The zero-order valence-corrected chi connectivity index (χ0v) is 21.5. The van der Waals surface area contributed by atoms with Crippen LogP contribution in [-0.2, 0) is 28.9 Å². The summed E-state index contributed by atoms with van der Waals surface area (Å²) in [4.78, 5) is 35.0. The molecule has 35 heavy (non-hydrogen) atoms. The summed E-state index contributed by atoms with van der Waals surface area (Å²) in [5.74, 6) is 0.871. The number of aromatic nitrogens is 1. The molecule has 0 radical (unpaired) electrons. The average molecular weight is 494 g/mol. The fraction of sp³-hybridized carbons (Fsp3) is 0.552. The molecule has 5 nitrogen and oxygen atoms in total. The molecule has 0 bridgehead atoms. The molecule has 1 aromatic heterocycles. The highest BCUT2D eigenvalue weighted by Gasteiger charge is 2.38. The number of carbonyl (C=O) groups is 2. The molecule has 0 saturated carbocycles. The molecule has 2 fully saturated rings. The number of aryl methyl sites for hydroxylation is 2. The van der Waals surface area contributed by atoms with E-state index >= 15 is 0 Å². The molecule has 1 amide bonds. The van der Waals surface area contributed by atoms with Crippen molar-refractivity contribution in [2.45, 2.75) is 64.3 Å². The first-order chi connectivity index (χ1) is 17.0. The van der Waals surface area contributed by atoms with Crippen molar-refractivity contribution in [3.05, 3.63) is 63.9 Å². The summed E-state index contributed by atoms with van der Waals surface area (Å²) in [7, 11) is 0. The maximum atomic E-state index is 13.3. The van der Waals surface area contributed by atoms with Crippen molar-refractivity contribution in [2.75, 3.05) is 26.2 Å².